The third-order valence-corrected chi connectivity index (χ3v) is 3.02. The van der Waals surface area contributed by atoms with E-state index in [1.165, 1.54) is 12.8 Å². The molecule has 1 nitrogen and oxygen atoms in total. The average molecular weight is 202 g/mol. The van der Waals surface area contributed by atoms with Crippen LogP contribution in [0.5, 0.6) is 0 Å². The van der Waals surface area contributed by atoms with E-state index < -0.39 is 0 Å². The van der Waals surface area contributed by atoms with E-state index in [9.17, 15) is 0 Å². The predicted octanol–water partition coefficient (Wildman–Crippen LogP) is 3.15. The summed E-state index contributed by atoms with van der Waals surface area (Å²) in [5, 5.41) is 4.16. The van der Waals surface area contributed by atoms with Gasteiger partial charge in [-0.2, -0.15) is 0 Å². The van der Waals surface area contributed by atoms with Gasteiger partial charge < -0.3 is 5.32 Å². The van der Waals surface area contributed by atoms with Crippen LogP contribution in [0.3, 0.4) is 0 Å². The third kappa shape index (κ3) is 3.32. The quantitative estimate of drug-likeness (QED) is 0.740. The highest BCUT2D eigenvalue weighted by atomic mass is 35.5. The first-order valence-electron chi connectivity index (χ1n) is 4.97. The van der Waals surface area contributed by atoms with Crippen molar-refractivity contribution in [2.75, 3.05) is 6.54 Å². The van der Waals surface area contributed by atoms with Crippen molar-refractivity contribution < 1.29 is 0 Å². The Morgan fingerprint density at radius 1 is 1.54 bits per heavy atom. The van der Waals surface area contributed by atoms with Crippen LogP contribution >= 0.6 is 11.6 Å². The van der Waals surface area contributed by atoms with Gasteiger partial charge in [0.25, 0.3) is 0 Å². The van der Waals surface area contributed by atoms with Gasteiger partial charge in [-0.15, -0.1) is 0 Å². The molecule has 2 atom stereocenters. The summed E-state index contributed by atoms with van der Waals surface area (Å²) in [5.74, 6) is 0.756. The molecule has 1 aliphatic carbocycles. The molecule has 13 heavy (non-hydrogen) atoms. The van der Waals surface area contributed by atoms with Gasteiger partial charge in [-0.25, -0.2) is 0 Å². The monoisotopic (exact) mass is 201 g/mol. The van der Waals surface area contributed by atoms with Gasteiger partial charge in [0.05, 0.1) is 0 Å². The second-order valence-electron chi connectivity index (χ2n) is 5.05. The molecule has 1 fully saturated rings. The Labute approximate surface area is 86.5 Å². The first-order valence-corrected chi connectivity index (χ1v) is 5.35. The van der Waals surface area contributed by atoms with E-state index in [1.54, 1.807) is 0 Å². The predicted molar refractivity (Wildman–Crippen MR) is 59.0 cm³/mol. The van der Waals surface area contributed by atoms with E-state index in [0.717, 1.165) is 12.5 Å². The van der Waals surface area contributed by atoms with Gasteiger partial charge in [0.1, 0.15) is 0 Å². The van der Waals surface area contributed by atoms with Crippen LogP contribution in [0.2, 0.25) is 0 Å². The van der Waals surface area contributed by atoms with Crippen molar-refractivity contribution in [1.82, 2.24) is 5.32 Å². The first-order chi connectivity index (χ1) is 5.91. The lowest BCUT2D eigenvalue weighted by Crippen LogP contribution is -2.32. The minimum absolute atomic E-state index is 0.491. The lowest BCUT2D eigenvalue weighted by atomic mass is 9.91. The molecule has 1 saturated carbocycles. The number of rotatable bonds is 3. The Morgan fingerprint density at radius 2 is 2.15 bits per heavy atom. The zero-order valence-electron chi connectivity index (χ0n) is 8.86. The smallest absolute Gasteiger partial charge is 0.0310 e. The SMILES string of the molecule is C=C(Cl)CNC1CC(C)(C)CC1C. The zero-order valence-corrected chi connectivity index (χ0v) is 9.62. The fourth-order valence-electron chi connectivity index (χ4n) is 2.41. The molecule has 0 aromatic carbocycles. The van der Waals surface area contributed by atoms with Crippen LogP contribution in [0.1, 0.15) is 33.6 Å². The van der Waals surface area contributed by atoms with Crippen molar-refractivity contribution in [3.63, 3.8) is 0 Å². The molecule has 1 aliphatic rings. The van der Waals surface area contributed by atoms with Gasteiger partial charge >= 0.3 is 0 Å². The highest BCUT2D eigenvalue weighted by molar-refractivity contribution is 6.29. The van der Waals surface area contributed by atoms with Gasteiger partial charge in [-0.1, -0.05) is 39.0 Å². The second-order valence-corrected chi connectivity index (χ2v) is 5.59. The maximum Gasteiger partial charge on any atom is 0.0310 e. The molecule has 2 unspecified atom stereocenters. The fraction of sp³-hybridized carbons (Fsp3) is 0.818. The largest absolute Gasteiger partial charge is 0.309 e. The van der Waals surface area contributed by atoms with Crippen molar-refractivity contribution >= 4 is 11.6 Å². The molecule has 0 aromatic rings. The van der Waals surface area contributed by atoms with E-state index in [-0.39, 0.29) is 0 Å². The van der Waals surface area contributed by atoms with E-state index >= 15 is 0 Å². The molecule has 76 valence electrons. The minimum atomic E-state index is 0.491. The van der Waals surface area contributed by atoms with E-state index in [2.05, 4.69) is 32.7 Å². The normalized spacial score (nSPS) is 32.0. The minimum Gasteiger partial charge on any atom is -0.309 e. The fourth-order valence-corrected chi connectivity index (χ4v) is 2.49. The van der Waals surface area contributed by atoms with Crippen molar-refractivity contribution in [3.8, 4) is 0 Å². The average Bonchev–Trinajstić information content (AvgIpc) is 2.20. The van der Waals surface area contributed by atoms with Crippen molar-refractivity contribution in [2.24, 2.45) is 11.3 Å². The summed E-state index contributed by atoms with van der Waals surface area (Å²) in [6.07, 6.45) is 2.55. The van der Waals surface area contributed by atoms with Crippen molar-refractivity contribution in [3.05, 3.63) is 11.6 Å². The summed E-state index contributed by atoms with van der Waals surface area (Å²) < 4.78 is 0. The van der Waals surface area contributed by atoms with Crippen molar-refractivity contribution in [1.29, 1.82) is 0 Å². The summed E-state index contributed by atoms with van der Waals surface area (Å²) in [5.41, 5.74) is 0.491. The molecule has 0 aliphatic heterocycles. The van der Waals surface area contributed by atoms with Crippen LogP contribution in [0.4, 0.5) is 0 Å². The molecule has 0 radical (unpaired) electrons. The number of halogens is 1. The van der Waals surface area contributed by atoms with E-state index in [4.69, 9.17) is 11.6 Å². The maximum absolute atomic E-state index is 5.72. The number of nitrogens with one attached hydrogen (secondary N) is 1. The molecule has 0 spiro atoms. The third-order valence-electron chi connectivity index (χ3n) is 2.89. The van der Waals surface area contributed by atoms with Crippen LogP contribution in [-0.4, -0.2) is 12.6 Å². The molecule has 0 heterocycles. The van der Waals surface area contributed by atoms with Gasteiger partial charge in [0.15, 0.2) is 0 Å². The topological polar surface area (TPSA) is 12.0 Å². The molecule has 1 rings (SSSR count). The highest BCUT2D eigenvalue weighted by Crippen LogP contribution is 2.40. The Bertz CT molecular complexity index is 198. The lowest BCUT2D eigenvalue weighted by molar-refractivity contribution is 0.363. The van der Waals surface area contributed by atoms with Gasteiger partial charge in [-0.3, -0.25) is 0 Å². The highest BCUT2D eigenvalue weighted by Gasteiger charge is 2.36. The van der Waals surface area contributed by atoms with Crippen LogP contribution in [0.15, 0.2) is 11.6 Å². The first kappa shape index (κ1) is 11.1. The molecule has 0 aromatic heterocycles. The zero-order chi connectivity index (χ0) is 10.1. The molecular weight excluding hydrogens is 182 g/mol. The molecule has 0 saturated heterocycles. The van der Waals surface area contributed by atoms with Crippen LogP contribution in [0.25, 0.3) is 0 Å². The summed E-state index contributed by atoms with van der Waals surface area (Å²) >= 11 is 5.72. The Balaban J connectivity index is 2.39. The van der Waals surface area contributed by atoms with E-state index in [0.29, 0.717) is 16.5 Å². The Hall–Kier alpha value is -0.0100. The molecule has 1 N–H and O–H groups in total. The Morgan fingerprint density at radius 3 is 2.54 bits per heavy atom. The van der Waals surface area contributed by atoms with Crippen molar-refractivity contribution in [2.45, 2.75) is 39.7 Å². The van der Waals surface area contributed by atoms with Gasteiger partial charge in [-0.05, 0) is 24.2 Å². The maximum atomic E-state index is 5.72. The molecule has 0 amide bonds. The van der Waals surface area contributed by atoms with Crippen LogP contribution in [0, 0.1) is 11.3 Å². The lowest BCUT2D eigenvalue weighted by Gasteiger charge is -2.18. The van der Waals surface area contributed by atoms with Crippen LogP contribution in [-0.2, 0) is 0 Å². The van der Waals surface area contributed by atoms with E-state index in [1.807, 2.05) is 0 Å². The van der Waals surface area contributed by atoms with Gasteiger partial charge in [0, 0.05) is 17.6 Å². The molecule has 0 bridgehead atoms. The summed E-state index contributed by atoms with van der Waals surface area (Å²) in [4.78, 5) is 0. The standard InChI is InChI=1S/C11H20ClN/c1-8-5-11(3,4)6-10(8)13-7-9(2)12/h8,10,13H,2,5-7H2,1,3-4H3. The summed E-state index contributed by atoms with van der Waals surface area (Å²) in [7, 11) is 0. The molecular formula is C11H20ClN. The number of hydrogen-bond donors (Lipinski definition) is 1. The summed E-state index contributed by atoms with van der Waals surface area (Å²) in [6, 6.07) is 0.616. The summed E-state index contributed by atoms with van der Waals surface area (Å²) in [6.45, 7) is 11.4. The van der Waals surface area contributed by atoms with Gasteiger partial charge in [0.2, 0.25) is 0 Å². The number of hydrogen-bond acceptors (Lipinski definition) is 1. The Kier molecular flexibility index (Phi) is 3.42. The molecule has 2 heteroatoms. The van der Waals surface area contributed by atoms with Crippen LogP contribution < -0.4 is 5.32 Å². The second kappa shape index (κ2) is 4.02.